The van der Waals surface area contributed by atoms with Gasteiger partial charge in [0.2, 0.25) is 0 Å². The largest absolute Gasteiger partial charge is 0.382 e. The summed E-state index contributed by atoms with van der Waals surface area (Å²) in [6, 6.07) is 0. The van der Waals surface area contributed by atoms with Crippen LogP contribution in [-0.2, 0) is 6.54 Å². The van der Waals surface area contributed by atoms with Gasteiger partial charge in [-0.05, 0) is 12.8 Å². The highest BCUT2D eigenvalue weighted by molar-refractivity contribution is 5.37. The Bertz CT molecular complexity index is 242. The molecular formula is C10H19N3. The zero-order valence-electron chi connectivity index (χ0n) is 8.75. The number of hydrogen-bond donors (Lipinski definition) is 1. The molecule has 0 aromatic carbocycles. The fraction of sp³-hybridized carbons (Fsp3) is 0.700. The van der Waals surface area contributed by atoms with Crippen molar-refractivity contribution in [3.8, 4) is 0 Å². The molecular weight excluding hydrogens is 162 g/mol. The third-order valence-electron chi connectivity index (χ3n) is 2.31. The molecule has 0 unspecified atom stereocenters. The third kappa shape index (κ3) is 3.09. The van der Waals surface area contributed by atoms with Crippen molar-refractivity contribution in [2.24, 2.45) is 5.92 Å². The topological polar surface area (TPSA) is 29.9 Å². The van der Waals surface area contributed by atoms with Gasteiger partial charge < -0.3 is 5.32 Å². The van der Waals surface area contributed by atoms with Crippen molar-refractivity contribution < 1.29 is 0 Å². The predicted octanol–water partition coefficient (Wildman–Crippen LogP) is 2.36. The molecule has 0 bridgehead atoms. The molecule has 0 fully saturated rings. The molecule has 1 aromatic rings. The van der Waals surface area contributed by atoms with Crippen LogP contribution in [0.15, 0.2) is 12.4 Å². The molecule has 0 spiro atoms. The van der Waals surface area contributed by atoms with E-state index in [2.05, 4.69) is 31.2 Å². The fourth-order valence-electron chi connectivity index (χ4n) is 1.06. The number of nitrogens with zero attached hydrogens (tertiary/aromatic N) is 2. The normalized spacial score (nSPS) is 12.8. The van der Waals surface area contributed by atoms with Gasteiger partial charge in [0.15, 0.2) is 0 Å². The predicted molar refractivity (Wildman–Crippen MR) is 55.8 cm³/mol. The monoisotopic (exact) mass is 181 g/mol. The van der Waals surface area contributed by atoms with Gasteiger partial charge in [-0.3, -0.25) is 4.68 Å². The summed E-state index contributed by atoms with van der Waals surface area (Å²) in [5.41, 5.74) is 1.13. The van der Waals surface area contributed by atoms with Crippen molar-refractivity contribution >= 4 is 5.69 Å². The lowest BCUT2D eigenvalue weighted by atomic mass is 10.1. The van der Waals surface area contributed by atoms with Crippen LogP contribution in [0, 0.1) is 5.92 Å². The molecule has 0 aliphatic carbocycles. The first-order valence-corrected chi connectivity index (χ1v) is 5.02. The van der Waals surface area contributed by atoms with E-state index in [-0.39, 0.29) is 0 Å². The van der Waals surface area contributed by atoms with Gasteiger partial charge in [-0.15, -0.1) is 0 Å². The Balaban J connectivity index is 2.36. The lowest BCUT2D eigenvalue weighted by Gasteiger charge is -2.08. The molecule has 1 atom stereocenters. The first kappa shape index (κ1) is 10.1. The SMILES string of the molecule is CC[C@@H](C)CNc1cnn(CC)c1. The Morgan fingerprint density at radius 1 is 1.54 bits per heavy atom. The van der Waals surface area contributed by atoms with Crippen molar-refractivity contribution in [1.82, 2.24) is 9.78 Å². The van der Waals surface area contributed by atoms with Gasteiger partial charge in [-0.2, -0.15) is 5.10 Å². The standard InChI is InChI=1S/C10H19N3/c1-4-9(3)6-11-10-7-12-13(5-2)8-10/h7-9,11H,4-6H2,1-3H3/t9-/m1/s1. The second kappa shape index (κ2) is 4.90. The van der Waals surface area contributed by atoms with Gasteiger partial charge in [0, 0.05) is 19.3 Å². The minimum Gasteiger partial charge on any atom is -0.382 e. The van der Waals surface area contributed by atoms with Crippen LogP contribution in [0.2, 0.25) is 0 Å². The van der Waals surface area contributed by atoms with Crippen LogP contribution >= 0.6 is 0 Å². The molecule has 74 valence electrons. The van der Waals surface area contributed by atoms with E-state index < -0.39 is 0 Å². The molecule has 0 aliphatic rings. The summed E-state index contributed by atoms with van der Waals surface area (Å²) in [6.45, 7) is 8.52. The summed E-state index contributed by atoms with van der Waals surface area (Å²) >= 11 is 0. The molecule has 1 heterocycles. The first-order chi connectivity index (χ1) is 6.26. The number of aromatic nitrogens is 2. The van der Waals surface area contributed by atoms with Crippen molar-refractivity contribution in [3.63, 3.8) is 0 Å². The Kier molecular flexibility index (Phi) is 3.80. The third-order valence-corrected chi connectivity index (χ3v) is 2.31. The van der Waals surface area contributed by atoms with Gasteiger partial charge in [-0.1, -0.05) is 20.3 Å². The Morgan fingerprint density at radius 3 is 2.85 bits per heavy atom. The number of anilines is 1. The van der Waals surface area contributed by atoms with Crippen LogP contribution in [0.1, 0.15) is 27.2 Å². The highest BCUT2D eigenvalue weighted by atomic mass is 15.3. The molecule has 0 amide bonds. The van der Waals surface area contributed by atoms with Crippen LogP contribution in [0.25, 0.3) is 0 Å². The van der Waals surface area contributed by atoms with E-state index >= 15 is 0 Å². The van der Waals surface area contributed by atoms with Crippen molar-refractivity contribution in [3.05, 3.63) is 12.4 Å². The molecule has 3 nitrogen and oxygen atoms in total. The summed E-state index contributed by atoms with van der Waals surface area (Å²) in [6.07, 6.45) is 5.14. The highest BCUT2D eigenvalue weighted by Gasteiger charge is 1.99. The van der Waals surface area contributed by atoms with E-state index in [1.165, 1.54) is 6.42 Å². The van der Waals surface area contributed by atoms with Gasteiger partial charge in [0.25, 0.3) is 0 Å². The van der Waals surface area contributed by atoms with E-state index in [0.717, 1.165) is 24.7 Å². The summed E-state index contributed by atoms with van der Waals surface area (Å²) in [7, 11) is 0. The van der Waals surface area contributed by atoms with Crippen LogP contribution < -0.4 is 5.32 Å². The number of nitrogens with one attached hydrogen (secondary N) is 1. The average Bonchev–Trinajstić information content (AvgIpc) is 2.61. The molecule has 0 radical (unpaired) electrons. The summed E-state index contributed by atoms with van der Waals surface area (Å²) < 4.78 is 1.93. The quantitative estimate of drug-likeness (QED) is 0.755. The zero-order chi connectivity index (χ0) is 9.68. The van der Waals surface area contributed by atoms with E-state index in [4.69, 9.17) is 0 Å². The highest BCUT2D eigenvalue weighted by Crippen LogP contribution is 2.07. The van der Waals surface area contributed by atoms with Crippen molar-refractivity contribution in [1.29, 1.82) is 0 Å². The molecule has 0 aliphatic heterocycles. The minimum absolute atomic E-state index is 0.727. The molecule has 0 saturated heterocycles. The maximum atomic E-state index is 4.19. The van der Waals surface area contributed by atoms with Gasteiger partial charge in [0.05, 0.1) is 11.9 Å². The molecule has 1 aromatic heterocycles. The van der Waals surface area contributed by atoms with E-state index in [0.29, 0.717) is 0 Å². The summed E-state index contributed by atoms with van der Waals surface area (Å²) in [5.74, 6) is 0.727. The molecule has 1 rings (SSSR count). The smallest absolute Gasteiger partial charge is 0.0726 e. The fourth-order valence-corrected chi connectivity index (χ4v) is 1.06. The molecule has 3 heteroatoms. The van der Waals surface area contributed by atoms with Gasteiger partial charge in [-0.25, -0.2) is 0 Å². The van der Waals surface area contributed by atoms with Gasteiger partial charge in [0.1, 0.15) is 0 Å². The second-order valence-corrected chi connectivity index (χ2v) is 3.48. The van der Waals surface area contributed by atoms with E-state index in [1.807, 2.05) is 17.1 Å². The lowest BCUT2D eigenvalue weighted by molar-refractivity contribution is 0.593. The number of rotatable bonds is 5. The second-order valence-electron chi connectivity index (χ2n) is 3.48. The minimum atomic E-state index is 0.727. The van der Waals surface area contributed by atoms with Crippen LogP contribution in [0.5, 0.6) is 0 Å². The molecule has 0 saturated carbocycles. The molecule has 1 N–H and O–H groups in total. The Labute approximate surface area is 80.1 Å². The van der Waals surface area contributed by atoms with Crippen LogP contribution in [-0.4, -0.2) is 16.3 Å². The van der Waals surface area contributed by atoms with Crippen LogP contribution in [0.4, 0.5) is 5.69 Å². The zero-order valence-corrected chi connectivity index (χ0v) is 8.75. The first-order valence-electron chi connectivity index (χ1n) is 5.02. The number of aryl methyl sites for hydroxylation is 1. The van der Waals surface area contributed by atoms with Gasteiger partial charge >= 0.3 is 0 Å². The summed E-state index contributed by atoms with van der Waals surface area (Å²) in [4.78, 5) is 0. The Hall–Kier alpha value is -0.990. The Morgan fingerprint density at radius 2 is 2.31 bits per heavy atom. The lowest BCUT2D eigenvalue weighted by Crippen LogP contribution is -2.09. The van der Waals surface area contributed by atoms with Crippen LogP contribution in [0.3, 0.4) is 0 Å². The average molecular weight is 181 g/mol. The summed E-state index contributed by atoms with van der Waals surface area (Å²) in [5, 5.41) is 7.56. The molecule has 13 heavy (non-hydrogen) atoms. The number of hydrogen-bond acceptors (Lipinski definition) is 2. The maximum Gasteiger partial charge on any atom is 0.0726 e. The van der Waals surface area contributed by atoms with Crippen molar-refractivity contribution in [2.75, 3.05) is 11.9 Å². The maximum absolute atomic E-state index is 4.19. The van der Waals surface area contributed by atoms with Crippen molar-refractivity contribution in [2.45, 2.75) is 33.7 Å². The van der Waals surface area contributed by atoms with E-state index in [9.17, 15) is 0 Å². The van der Waals surface area contributed by atoms with E-state index in [1.54, 1.807) is 0 Å².